The minimum atomic E-state index is -0.848. The van der Waals surface area contributed by atoms with Crippen molar-refractivity contribution in [3.63, 3.8) is 0 Å². The molecule has 0 radical (unpaired) electrons. The van der Waals surface area contributed by atoms with E-state index in [-0.39, 0.29) is 12.1 Å². The molecule has 2 aliphatic rings. The van der Waals surface area contributed by atoms with Gasteiger partial charge < -0.3 is 14.7 Å². The highest BCUT2D eigenvalue weighted by atomic mass is 16.5. The maximum Gasteiger partial charge on any atom is 0.226 e. The Kier molecular flexibility index (Phi) is 3.68. The standard InChI is InChI=1S/C19H23N3O2/c1-13-9-10-20-18(21-13)22-14-7-8-15(22)12-19(23,11-14)16-5-3-4-6-17(16)24-2/h3-6,9-10,14-15,23H,7-8,11-12H2,1-2H3. The maximum atomic E-state index is 11.4. The minimum absolute atomic E-state index is 0.264. The number of ether oxygens (including phenoxy) is 1. The molecule has 2 atom stereocenters. The van der Waals surface area contributed by atoms with Crippen LogP contribution in [0.1, 0.15) is 36.9 Å². The molecule has 2 aliphatic heterocycles. The van der Waals surface area contributed by atoms with E-state index in [1.165, 1.54) is 0 Å². The highest BCUT2D eigenvalue weighted by molar-refractivity contribution is 5.44. The molecule has 0 aliphatic carbocycles. The number of aromatic nitrogens is 2. The summed E-state index contributed by atoms with van der Waals surface area (Å²) >= 11 is 0. The SMILES string of the molecule is COc1ccccc1C1(O)CC2CCC(C1)N2c1nccc(C)n1. The Morgan fingerprint density at radius 3 is 2.54 bits per heavy atom. The fraction of sp³-hybridized carbons (Fsp3) is 0.474. The first-order valence-electron chi connectivity index (χ1n) is 8.54. The van der Waals surface area contributed by atoms with Crippen molar-refractivity contribution in [1.82, 2.24) is 9.97 Å². The van der Waals surface area contributed by atoms with E-state index in [4.69, 9.17) is 4.74 Å². The fourth-order valence-corrected chi connectivity index (χ4v) is 4.36. The van der Waals surface area contributed by atoms with Gasteiger partial charge in [0.1, 0.15) is 5.75 Å². The van der Waals surface area contributed by atoms with Gasteiger partial charge >= 0.3 is 0 Å². The summed E-state index contributed by atoms with van der Waals surface area (Å²) in [6.07, 6.45) is 5.32. The van der Waals surface area contributed by atoms with Crippen LogP contribution in [0.5, 0.6) is 5.75 Å². The third-order valence-electron chi connectivity index (χ3n) is 5.39. The smallest absolute Gasteiger partial charge is 0.226 e. The third-order valence-corrected chi connectivity index (χ3v) is 5.39. The Bertz CT molecular complexity index is 735. The number of hydrogen-bond acceptors (Lipinski definition) is 5. The number of piperidine rings is 1. The van der Waals surface area contributed by atoms with E-state index in [1.807, 2.05) is 43.5 Å². The number of fused-ring (bicyclic) bond motifs is 2. The molecule has 2 aromatic rings. The number of benzene rings is 1. The molecule has 0 saturated carbocycles. The first-order valence-corrected chi connectivity index (χ1v) is 8.54. The van der Waals surface area contributed by atoms with Crippen LogP contribution in [-0.2, 0) is 5.60 Å². The molecule has 2 unspecified atom stereocenters. The van der Waals surface area contributed by atoms with Crippen LogP contribution in [0.25, 0.3) is 0 Å². The van der Waals surface area contributed by atoms with Gasteiger partial charge in [-0.25, -0.2) is 9.97 Å². The molecule has 5 heteroatoms. The third kappa shape index (κ3) is 2.44. The van der Waals surface area contributed by atoms with Crippen LogP contribution in [0.15, 0.2) is 36.5 Å². The lowest BCUT2D eigenvalue weighted by Gasteiger charge is -2.44. The van der Waals surface area contributed by atoms with E-state index in [2.05, 4.69) is 14.9 Å². The van der Waals surface area contributed by atoms with Crippen LogP contribution in [0.3, 0.4) is 0 Å². The predicted molar refractivity (Wildman–Crippen MR) is 92.2 cm³/mol. The van der Waals surface area contributed by atoms with E-state index in [0.717, 1.165) is 35.8 Å². The summed E-state index contributed by atoms with van der Waals surface area (Å²) in [5.74, 6) is 1.56. The Balaban J connectivity index is 1.67. The van der Waals surface area contributed by atoms with Crippen molar-refractivity contribution in [2.24, 2.45) is 0 Å². The Labute approximate surface area is 142 Å². The van der Waals surface area contributed by atoms with Gasteiger partial charge in [-0.15, -0.1) is 0 Å². The van der Waals surface area contributed by atoms with E-state index < -0.39 is 5.60 Å². The van der Waals surface area contributed by atoms with Crippen LogP contribution in [0.4, 0.5) is 5.95 Å². The van der Waals surface area contributed by atoms with Gasteiger partial charge in [0.25, 0.3) is 0 Å². The van der Waals surface area contributed by atoms with Gasteiger partial charge in [0.15, 0.2) is 0 Å². The monoisotopic (exact) mass is 325 g/mol. The molecule has 3 heterocycles. The lowest BCUT2D eigenvalue weighted by atomic mass is 9.80. The summed E-state index contributed by atoms with van der Waals surface area (Å²) in [6.45, 7) is 1.99. The first-order chi connectivity index (χ1) is 11.6. The summed E-state index contributed by atoms with van der Waals surface area (Å²) in [4.78, 5) is 11.4. The molecule has 2 saturated heterocycles. The zero-order valence-corrected chi connectivity index (χ0v) is 14.1. The Morgan fingerprint density at radius 2 is 1.88 bits per heavy atom. The normalized spacial score (nSPS) is 28.9. The second-order valence-electron chi connectivity index (χ2n) is 6.93. The van der Waals surface area contributed by atoms with Crippen LogP contribution < -0.4 is 9.64 Å². The largest absolute Gasteiger partial charge is 0.496 e. The van der Waals surface area contributed by atoms with Gasteiger partial charge in [-0.1, -0.05) is 18.2 Å². The van der Waals surface area contributed by atoms with Crippen molar-refractivity contribution < 1.29 is 9.84 Å². The molecule has 0 spiro atoms. The summed E-state index contributed by atoms with van der Waals surface area (Å²) in [7, 11) is 1.66. The molecular weight excluding hydrogens is 302 g/mol. The molecule has 2 fully saturated rings. The highest BCUT2D eigenvalue weighted by Crippen LogP contribution is 2.48. The van der Waals surface area contributed by atoms with Crippen LogP contribution in [0, 0.1) is 6.92 Å². The molecule has 2 bridgehead atoms. The van der Waals surface area contributed by atoms with Gasteiger partial charge in [-0.3, -0.25) is 0 Å². The van der Waals surface area contributed by atoms with Crippen LogP contribution in [0.2, 0.25) is 0 Å². The van der Waals surface area contributed by atoms with E-state index in [1.54, 1.807) is 7.11 Å². The number of para-hydroxylation sites is 1. The maximum absolute atomic E-state index is 11.4. The van der Waals surface area contributed by atoms with Gasteiger partial charge in [0.05, 0.1) is 12.7 Å². The minimum Gasteiger partial charge on any atom is -0.496 e. The van der Waals surface area contributed by atoms with Crippen molar-refractivity contribution in [1.29, 1.82) is 0 Å². The molecule has 0 amide bonds. The van der Waals surface area contributed by atoms with Gasteiger partial charge in [0.2, 0.25) is 5.95 Å². The number of nitrogens with zero attached hydrogens (tertiary/aromatic N) is 3. The average molecular weight is 325 g/mol. The van der Waals surface area contributed by atoms with Crippen molar-refractivity contribution in [2.45, 2.75) is 50.3 Å². The summed E-state index contributed by atoms with van der Waals surface area (Å²) in [5, 5.41) is 11.4. The van der Waals surface area contributed by atoms with Crippen LogP contribution in [-0.4, -0.2) is 34.3 Å². The number of rotatable bonds is 3. The van der Waals surface area contributed by atoms with E-state index in [0.29, 0.717) is 12.8 Å². The molecule has 24 heavy (non-hydrogen) atoms. The molecule has 126 valence electrons. The molecule has 1 aromatic carbocycles. The highest BCUT2D eigenvalue weighted by Gasteiger charge is 2.50. The van der Waals surface area contributed by atoms with E-state index >= 15 is 0 Å². The molecule has 5 nitrogen and oxygen atoms in total. The summed E-state index contributed by atoms with van der Waals surface area (Å²) < 4.78 is 5.48. The molecule has 1 aromatic heterocycles. The van der Waals surface area contributed by atoms with Crippen LogP contribution >= 0.6 is 0 Å². The Hall–Kier alpha value is -2.14. The zero-order valence-electron chi connectivity index (χ0n) is 14.1. The second-order valence-corrected chi connectivity index (χ2v) is 6.93. The van der Waals surface area contributed by atoms with Crippen molar-refractivity contribution in [2.75, 3.05) is 12.0 Å². The van der Waals surface area contributed by atoms with Gasteiger partial charge in [-0.2, -0.15) is 0 Å². The number of aliphatic hydroxyl groups is 1. The second kappa shape index (κ2) is 5.74. The molecule has 1 N–H and O–H groups in total. The summed E-state index contributed by atoms with van der Waals surface area (Å²) in [5.41, 5.74) is 1.03. The van der Waals surface area contributed by atoms with Gasteiger partial charge in [0, 0.05) is 42.4 Å². The van der Waals surface area contributed by atoms with Crippen molar-refractivity contribution >= 4 is 5.95 Å². The first kappa shape index (κ1) is 15.4. The average Bonchev–Trinajstić information content (AvgIpc) is 2.87. The predicted octanol–water partition coefficient (Wildman–Crippen LogP) is 2.81. The fourth-order valence-electron chi connectivity index (χ4n) is 4.36. The lowest BCUT2D eigenvalue weighted by Crippen LogP contribution is -2.50. The van der Waals surface area contributed by atoms with E-state index in [9.17, 15) is 5.11 Å². The van der Waals surface area contributed by atoms with Gasteiger partial charge in [-0.05, 0) is 31.9 Å². The topological polar surface area (TPSA) is 58.5 Å². The molecule has 4 rings (SSSR count). The quantitative estimate of drug-likeness (QED) is 0.940. The number of hydrogen-bond donors (Lipinski definition) is 1. The van der Waals surface area contributed by atoms with Crippen molar-refractivity contribution in [3.8, 4) is 5.75 Å². The summed E-state index contributed by atoms with van der Waals surface area (Å²) in [6, 6.07) is 10.3. The number of methoxy groups -OCH3 is 1. The lowest BCUT2D eigenvalue weighted by molar-refractivity contribution is -0.00526. The van der Waals surface area contributed by atoms with Crippen molar-refractivity contribution in [3.05, 3.63) is 47.8 Å². The molecular formula is C19H23N3O2. The number of anilines is 1. The Morgan fingerprint density at radius 1 is 1.17 bits per heavy atom. The zero-order chi connectivity index (χ0) is 16.7. The number of aryl methyl sites for hydroxylation is 1.